The quantitative estimate of drug-likeness (QED) is 0.674. The van der Waals surface area contributed by atoms with Crippen molar-refractivity contribution in [1.29, 1.82) is 0 Å². The van der Waals surface area contributed by atoms with Gasteiger partial charge in [-0.3, -0.25) is 20.4 Å². The third-order valence-electron chi connectivity index (χ3n) is 3.52. The van der Waals surface area contributed by atoms with E-state index in [4.69, 9.17) is 0 Å². The van der Waals surface area contributed by atoms with Crippen molar-refractivity contribution in [3.8, 4) is 10.6 Å². The standard InChI is InChI=1S/C18H17N3O2S2/c1-12-16(25-18(19-12)13-6-3-2-4-7-13)17(23)21-20-15(22)10-9-14-8-5-11-24-14/h2-8,11H,9-10H2,1H3,(H,20,22)(H,21,23). The van der Waals surface area contributed by atoms with Gasteiger partial charge >= 0.3 is 0 Å². The number of hydrogen-bond acceptors (Lipinski definition) is 5. The summed E-state index contributed by atoms with van der Waals surface area (Å²) in [6.45, 7) is 1.79. The van der Waals surface area contributed by atoms with Crippen LogP contribution in [0.15, 0.2) is 47.8 Å². The SMILES string of the molecule is Cc1nc(-c2ccccc2)sc1C(=O)NNC(=O)CCc1cccs1. The van der Waals surface area contributed by atoms with E-state index in [0.717, 1.165) is 15.4 Å². The molecule has 1 aromatic carbocycles. The number of nitrogens with one attached hydrogen (secondary N) is 2. The maximum Gasteiger partial charge on any atom is 0.281 e. The summed E-state index contributed by atoms with van der Waals surface area (Å²) in [6, 6.07) is 13.6. The molecule has 3 rings (SSSR count). The van der Waals surface area contributed by atoms with Crippen molar-refractivity contribution < 1.29 is 9.59 Å². The average Bonchev–Trinajstić information content (AvgIpc) is 3.28. The number of carbonyl (C=O) groups excluding carboxylic acids is 2. The second kappa shape index (κ2) is 8.04. The molecular weight excluding hydrogens is 354 g/mol. The number of nitrogens with zero attached hydrogens (tertiary/aromatic N) is 1. The highest BCUT2D eigenvalue weighted by molar-refractivity contribution is 7.17. The molecule has 3 aromatic rings. The molecule has 2 aromatic heterocycles. The normalized spacial score (nSPS) is 10.4. The molecule has 0 radical (unpaired) electrons. The first-order valence-corrected chi connectivity index (χ1v) is 9.47. The van der Waals surface area contributed by atoms with Gasteiger partial charge in [0, 0.05) is 16.9 Å². The number of hydrazine groups is 1. The van der Waals surface area contributed by atoms with Crippen molar-refractivity contribution in [1.82, 2.24) is 15.8 Å². The van der Waals surface area contributed by atoms with Gasteiger partial charge in [-0.1, -0.05) is 36.4 Å². The maximum absolute atomic E-state index is 12.3. The molecule has 25 heavy (non-hydrogen) atoms. The molecule has 0 aliphatic carbocycles. The van der Waals surface area contributed by atoms with Crippen LogP contribution in [-0.2, 0) is 11.2 Å². The molecule has 0 aliphatic rings. The zero-order chi connectivity index (χ0) is 17.6. The Morgan fingerprint density at radius 1 is 1.08 bits per heavy atom. The summed E-state index contributed by atoms with van der Waals surface area (Å²) < 4.78 is 0. The summed E-state index contributed by atoms with van der Waals surface area (Å²) in [5.74, 6) is -0.561. The topological polar surface area (TPSA) is 71.1 Å². The van der Waals surface area contributed by atoms with Crippen LogP contribution in [-0.4, -0.2) is 16.8 Å². The van der Waals surface area contributed by atoms with E-state index < -0.39 is 0 Å². The Morgan fingerprint density at radius 2 is 1.88 bits per heavy atom. The van der Waals surface area contributed by atoms with Crippen LogP contribution in [0.4, 0.5) is 0 Å². The molecule has 2 N–H and O–H groups in total. The molecule has 128 valence electrons. The van der Waals surface area contributed by atoms with Gasteiger partial charge in [0.15, 0.2) is 0 Å². The molecule has 0 fully saturated rings. The van der Waals surface area contributed by atoms with E-state index in [-0.39, 0.29) is 11.8 Å². The fraction of sp³-hybridized carbons (Fsp3) is 0.167. The zero-order valence-corrected chi connectivity index (χ0v) is 15.2. The highest BCUT2D eigenvalue weighted by Gasteiger charge is 2.16. The second-order valence-electron chi connectivity index (χ2n) is 5.38. The van der Waals surface area contributed by atoms with Gasteiger partial charge in [-0.15, -0.1) is 22.7 Å². The summed E-state index contributed by atoms with van der Waals surface area (Å²) in [5.41, 5.74) is 6.55. The van der Waals surface area contributed by atoms with E-state index in [1.165, 1.54) is 11.3 Å². The summed E-state index contributed by atoms with van der Waals surface area (Å²) in [7, 11) is 0. The van der Waals surface area contributed by atoms with Crippen molar-refractivity contribution in [2.45, 2.75) is 19.8 Å². The molecule has 0 aliphatic heterocycles. The molecule has 0 saturated carbocycles. The van der Waals surface area contributed by atoms with Crippen LogP contribution in [0, 0.1) is 6.92 Å². The lowest BCUT2D eigenvalue weighted by Crippen LogP contribution is -2.41. The van der Waals surface area contributed by atoms with Crippen molar-refractivity contribution in [3.63, 3.8) is 0 Å². The summed E-state index contributed by atoms with van der Waals surface area (Å²) in [5, 5.41) is 2.76. The number of thiazole rings is 1. The van der Waals surface area contributed by atoms with E-state index in [2.05, 4.69) is 15.8 Å². The molecule has 0 spiro atoms. The van der Waals surface area contributed by atoms with Gasteiger partial charge in [0.1, 0.15) is 9.88 Å². The van der Waals surface area contributed by atoms with Crippen LogP contribution in [0.3, 0.4) is 0 Å². The molecule has 2 heterocycles. The molecule has 2 amide bonds. The first-order valence-electron chi connectivity index (χ1n) is 7.78. The Kier molecular flexibility index (Phi) is 5.57. The van der Waals surface area contributed by atoms with Gasteiger partial charge in [0.25, 0.3) is 5.91 Å². The Bertz CT molecular complexity index is 858. The number of thiophene rings is 1. The molecule has 0 atom stereocenters. The lowest BCUT2D eigenvalue weighted by molar-refractivity contribution is -0.121. The smallest absolute Gasteiger partial charge is 0.273 e. The summed E-state index contributed by atoms with van der Waals surface area (Å²) >= 11 is 2.93. The number of hydrogen-bond donors (Lipinski definition) is 2. The summed E-state index contributed by atoms with van der Waals surface area (Å²) in [6.07, 6.45) is 0.995. The fourth-order valence-electron chi connectivity index (χ4n) is 2.25. The fourth-order valence-corrected chi connectivity index (χ4v) is 3.92. The van der Waals surface area contributed by atoms with Crippen LogP contribution in [0.25, 0.3) is 10.6 Å². The minimum Gasteiger partial charge on any atom is -0.273 e. The van der Waals surface area contributed by atoms with Gasteiger partial charge < -0.3 is 0 Å². The predicted octanol–water partition coefficient (Wildman–Crippen LogP) is 3.57. The maximum atomic E-state index is 12.3. The van der Waals surface area contributed by atoms with Gasteiger partial charge in [-0.05, 0) is 24.8 Å². The molecule has 7 heteroatoms. The van der Waals surface area contributed by atoms with E-state index in [1.807, 2.05) is 47.8 Å². The third-order valence-corrected chi connectivity index (χ3v) is 5.66. The van der Waals surface area contributed by atoms with Crippen LogP contribution < -0.4 is 10.9 Å². The largest absolute Gasteiger partial charge is 0.281 e. The van der Waals surface area contributed by atoms with Gasteiger partial charge in [0.2, 0.25) is 5.91 Å². The first-order chi connectivity index (χ1) is 12.1. The number of amides is 2. The first kappa shape index (κ1) is 17.3. The minimum atomic E-state index is -0.346. The lowest BCUT2D eigenvalue weighted by Gasteiger charge is -2.06. The molecule has 0 unspecified atom stereocenters. The van der Waals surface area contributed by atoms with Gasteiger partial charge in [0.05, 0.1) is 5.69 Å². The monoisotopic (exact) mass is 371 g/mol. The van der Waals surface area contributed by atoms with E-state index in [0.29, 0.717) is 23.4 Å². The Morgan fingerprint density at radius 3 is 2.60 bits per heavy atom. The van der Waals surface area contributed by atoms with Gasteiger partial charge in [-0.25, -0.2) is 4.98 Å². The average molecular weight is 371 g/mol. The Hall–Kier alpha value is -2.51. The third kappa shape index (κ3) is 4.52. The van der Waals surface area contributed by atoms with E-state index in [9.17, 15) is 9.59 Å². The van der Waals surface area contributed by atoms with Crippen molar-refractivity contribution >= 4 is 34.5 Å². The molecule has 0 bridgehead atoms. The van der Waals surface area contributed by atoms with Crippen LogP contribution >= 0.6 is 22.7 Å². The highest BCUT2D eigenvalue weighted by Crippen LogP contribution is 2.27. The zero-order valence-electron chi connectivity index (χ0n) is 13.6. The Labute approximate surface area is 153 Å². The molecule has 5 nitrogen and oxygen atoms in total. The predicted molar refractivity (Wildman–Crippen MR) is 101 cm³/mol. The van der Waals surface area contributed by atoms with Gasteiger partial charge in [-0.2, -0.15) is 0 Å². The van der Waals surface area contributed by atoms with E-state index >= 15 is 0 Å². The van der Waals surface area contributed by atoms with Crippen LogP contribution in [0.2, 0.25) is 0 Å². The van der Waals surface area contributed by atoms with Crippen LogP contribution in [0.5, 0.6) is 0 Å². The number of rotatable bonds is 5. The number of benzene rings is 1. The number of aryl methyl sites for hydroxylation is 2. The lowest BCUT2D eigenvalue weighted by atomic mass is 10.2. The second-order valence-corrected chi connectivity index (χ2v) is 7.41. The summed E-state index contributed by atoms with van der Waals surface area (Å²) in [4.78, 5) is 30.2. The highest BCUT2D eigenvalue weighted by atomic mass is 32.1. The molecular formula is C18H17N3O2S2. The Balaban J connectivity index is 1.56. The van der Waals surface area contributed by atoms with Crippen molar-refractivity contribution in [2.24, 2.45) is 0 Å². The van der Waals surface area contributed by atoms with Crippen molar-refractivity contribution in [2.75, 3.05) is 0 Å². The van der Waals surface area contributed by atoms with Crippen LogP contribution in [0.1, 0.15) is 26.7 Å². The van der Waals surface area contributed by atoms with Crippen molar-refractivity contribution in [3.05, 3.63) is 63.3 Å². The van der Waals surface area contributed by atoms with E-state index in [1.54, 1.807) is 18.3 Å². The molecule has 0 saturated heterocycles. The number of carbonyl (C=O) groups is 2. The minimum absolute atomic E-state index is 0.216. The number of aromatic nitrogens is 1.